The number of esters is 1. The highest BCUT2D eigenvalue weighted by Gasteiger charge is 2.23. The Kier molecular flexibility index (Phi) is 25.8. The number of hydrogen-bond acceptors (Lipinski definition) is 7. The molecule has 1 amide bonds. The van der Waals surface area contributed by atoms with Gasteiger partial charge in [-0.2, -0.15) is 0 Å². The van der Waals surface area contributed by atoms with Crippen molar-refractivity contribution in [1.82, 2.24) is 5.32 Å². The lowest BCUT2D eigenvalue weighted by atomic mass is 10.1. The molecule has 2 unspecified atom stereocenters. The Morgan fingerprint density at radius 2 is 1.43 bits per heavy atom. The number of aliphatic hydroxyl groups excluding tert-OH is 1. The molecule has 10 heteroatoms. The van der Waals surface area contributed by atoms with Crippen LogP contribution in [-0.4, -0.2) is 54.3 Å². The van der Waals surface area contributed by atoms with E-state index in [4.69, 9.17) is 13.8 Å². The van der Waals surface area contributed by atoms with Gasteiger partial charge in [0.1, 0.15) is 12.7 Å². The van der Waals surface area contributed by atoms with Gasteiger partial charge in [0.2, 0.25) is 5.91 Å². The first-order valence-corrected chi connectivity index (χ1v) is 16.1. The average molecular weight is 586 g/mol. The van der Waals surface area contributed by atoms with Crippen LogP contribution in [0.3, 0.4) is 0 Å². The molecule has 0 spiro atoms. The van der Waals surface area contributed by atoms with E-state index in [2.05, 4.69) is 67.8 Å². The molecule has 0 aliphatic carbocycles. The number of aliphatic hydroxyl groups is 1. The monoisotopic (exact) mass is 585 g/mol. The number of amides is 1. The number of carbonyl (C=O) groups is 2. The molecule has 0 aromatic rings. The summed E-state index contributed by atoms with van der Waals surface area (Å²) < 4.78 is 26.3. The zero-order valence-corrected chi connectivity index (χ0v) is 25.4. The lowest BCUT2D eigenvalue weighted by Crippen LogP contribution is -2.27. The van der Waals surface area contributed by atoms with Crippen LogP contribution < -0.4 is 5.32 Å². The van der Waals surface area contributed by atoms with Gasteiger partial charge >= 0.3 is 13.8 Å². The highest BCUT2D eigenvalue weighted by molar-refractivity contribution is 7.47. The van der Waals surface area contributed by atoms with E-state index in [-0.39, 0.29) is 32.1 Å². The molecule has 2 atom stereocenters. The zero-order chi connectivity index (χ0) is 29.7. The molecule has 0 aromatic carbocycles. The molecule has 0 aromatic heterocycles. The summed E-state index contributed by atoms with van der Waals surface area (Å²) in [5.74, 6) is -0.585. The lowest BCUT2D eigenvalue weighted by molar-refractivity contribution is -0.147. The van der Waals surface area contributed by atoms with Crippen LogP contribution in [0.2, 0.25) is 0 Å². The number of phosphoric ester groups is 1. The second-order valence-corrected chi connectivity index (χ2v) is 10.8. The van der Waals surface area contributed by atoms with Gasteiger partial charge in [0.05, 0.1) is 13.2 Å². The van der Waals surface area contributed by atoms with Crippen LogP contribution in [0.15, 0.2) is 48.6 Å². The Morgan fingerprint density at radius 3 is 2.08 bits per heavy atom. The predicted molar refractivity (Wildman–Crippen MR) is 160 cm³/mol. The number of carbonyl (C=O) groups excluding carboxylic acids is 2. The van der Waals surface area contributed by atoms with Crippen LogP contribution in [0.5, 0.6) is 0 Å². The van der Waals surface area contributed by atoms with Crippen molar-refractivity contribution in [1.29, 1.82) is 0 Å². The van der Waals surface area contributed by atoms with Gasteiger partial charge in [-0.05, 0) is 51.4 Å². The van der Waals surface area contributed by atoms with Gasteiger partial charge < -0.3 is 20.1 Å². The summed E-state index contributed by atoms with van der Waals surface area (Å²) in [5.41, 5.74) is 0. The summed E-state index contributed by atoms with van der Waals surface area (Å²) in [6, 6.07) is 0. The molecule has 40 heavy (non-hydrogen) atoms. The molecule has 9 nitrogen and oxygen atoms in total. The largest absolute Gasteiger partial charge is 0.472 e. The number of nitrogens with one attached hydrogen (secondary N) is 1. The van der Waals surface area contributed by atoms with Crippen LogP contribution >= 0.6 is 7.82 Å². The Bertz CT molecular complexity index is 810. The topological polar surface area (TPSA) is 131 Å². The minimum Gasteiger partial charge on any atom is -0.463 e. The average Bonchev–Trinajstić information content (AvgIpc) is 2.93. The van der Waals surface area contributed by atoms with Gasteiger partial charge in [0.15, 0.2) is 0 Å². The molecular formula is C30H52NO8P. The van der Waals surface area contributed by atoms with Crippen LogP contribution in [0.1, 0.15) is 97.3 Å². The third-order valence-electron chi connectivity index (χ3n) is 5.52. The van der Waals surface area contributed by atoms with Crippen molar-refractivity contribution >= 4 is 19.7 Å². The summed E-state index contributed by atoms with van der Waals surface area (Å²) in [5, 5.41) is 12.4. The van der Waals surface area contributed by atoms with Crippen LogP contribution in [0.4, 0.5) is 0 Å². The molecule has 0 radical (unpaired) electrons. The van der Waals surface area contributed by atoms with Gasteiger partial charge in [-0.1, -0.05) is 81.7 Å². The van der Waals surface area contributed by atoms with Crippen molar-refractivity contribution in [2.75, 3.05) is 26.4 Å². The van der Waals surface area contributed by atoms with Gasteiger partial charge in [0.25, 0.3) is 0 Å². The number of allylic oxidation sites excluding steroid dienone is 8. The van der Waals surface area contributed by atoms with Crippen LogP contribution in [0, 0.1) is 0 Å². The SMILES string of the molecule is CC/C=C\C/C=C\C/C=C\C/C=C\CCCCC(=O)NCCOP(=O)(O)OCC(O)COC(=O)CCCCCC. The summed E-state index contributed by atoms with van der Waals surface area (Å²) >= 11 is 0. The van der Waals surface area contributed by atoms with Crippen LogP contribution in [0.25, 0.3) is 0 Å². The zero-order valence-electron chi connectivity index (χ0n) is 24.5. The minimum atomic E-state index is -4.40. The van der Waals surface area contributed by atoms with Gasteiger partial charge in [-0.15, -0.1) is 0 Å². The van der Waals surface area contributed by atoms with Crippen molar-refractivity contribution in [3.8, 4) is 0 Å². The standard InChI is InChI=1S/C30H52NO8P/c1-3-5-7-9-10-11-12-13-14-15-16-17-18-19-20-22-29(33)31-24-25-38-40(35,36)39-27-28(32)26-37-30(34)23-21-8-6-4-2/h5,7,10-11,13-14,16-17,28,32H,3-4,6,8-9,12,15,18-27H2,1-2H3,(H,31,33)(H,35,36)/b7-5-,11-10-,14-13-,17-16-. The van der Waals surface area contributed by atoms with E-state index < -0.39 is 26.5 Å². The third-order valence-corrected chi connectivity index (χ3v) is 6.51. The Labute approximate surface area is 241 Å². The maximum Gasteiger partial charge on any atom is 0.472 e. The Balaban J connectivity index is 3.75. The minimum absolute atomic E-state index is 0.0573. The highest BCUT2D eigenvalue weighted by atomic mass is 31.2. The van der Waals surface area contributed by atoms with E-state index in [1.54, 1.807) is 0 Å². The van der Waals surface area contributed by atoms with Gasteiger partial charge in [0, 0.05) is 19.4 Å². The van der Waals surface area contributed by atoms with E-state index >= 15 is 0 Å². The molecule has 0 aliphatic rings. The first kappa shape index (κ1) is 38.0. The smallest absolute Gasteiger partial charge is 0.463 e. The van der Waals surface area contributed by atoms with Crippen LogP contribution in [-0.2, 0) is 27.9 Å². The van der Waals surface area contributed by atoms with E-state index in [9.17, 15) is 24.2 Å². The number of unbranched alkanes of at least 4 members (excludes halogenated alkanes) is 5. The maximum absolute atomic E-state index is 11.9. The van der Waals surface area contributed by atoms with Crippen molar-refractivity contribution in [2.24, 2.45) is 0 Å². The third kappa shape index (κ3) is 27.5. The molecule has 0 saturated heterocycles. The molecule has 0 fully saturated rings. The number of rotatable bonds is 26. The fraction of sp³-hybridized carbons (Fsp3) is 0.667. The quantitative estimate of drug-likeness (QED) is 0.0455. The van der Waals surface area contributed by atoms with E-state index in [1.165, 1.54) is 0 Å². The first-order valence-electron chi connectivity index (χ1n) is 14.6. The lowest BCUT2D eigenvalue weighted by Gasteiger charge is -2.15. The molecular weight excluding hydrogens is 533 g/mol. The predicted octanol–water partition coefficient (Wildman–Crippen LogP) is 6.48. The van der Waals surface area contributed by atoms with Crippen molar-refractivity contribution in [2.45, 2.75) is 103 Å². The van der Waals surface area contributed by atoms with Crippen molar-refractivity contribution < 1.29 is 37.9 Å². The van der Waals surface area contributed by atoms with Gasteiger partial charge in [-0.25, -0.2) is 4.57 Å². The number of ether oxygens (including phenoxy) is 1. The molecule has 0 bridgehead atoms. The van der Waals surface area contributed by atoms with Crippen molar-refractivity contribution in [3.05, 3.63) is 48.6 Å². The Hall–Kier alpha value is -2.03. The summed E-state index contributed by atoms with van der Waals surface area (Å²) in [6.07, 6.45) is 26.8. The van der Waals surface area contributed by atoms with Crippen molar-refractivity contribution in [3.63, 3.8) is 0 Å². The van der Waals surface area contributed by atoms with Gasteiger partial charge in [-0.3, -0.25) is 18.6 Å². The summed E-state index contributed by atoms with van der Waals surface area (Å²) in [6.45, 7) is 3.19. The second-order valence-electron chi connectivity index (χ2n) is 9.34. The molecule has 3 N–H and O–H groups in total. The second kappa shape index (κ2) is 27.2. The molecule has 230 valence electrons. The normalized spacial score (nSPS) is 14.4. The van der Waals surface area contributed by atoms with E-state index in [1.807, 2.05) is 0 Å². The Morgan fingerprint density at radius 1 is 0.800 bits per heavy atom. The molecule has 0 rings (SSSR count). The highest BCUT2D eigenvalue weighted by Crippen LogP contribution is 2.42. The number of phosphoric acid groups is 1. The molecule has 0 heterocycles. The molecule has 0 aliphatic heterocycles. The maximum atomic E-state index is 11.9. The fourth-order valence-electron chi connectivity index (χ4n) is 3.31. The summed E-state index contributed by atoms with van der Waals surface area (Å²) in [7, 11) is -4.40. The fourth-order valence-corrected chi connectivity index (χ4v) is 4.07. The molecule has 0 saturated carbocycles. The van der Waals surface area contributed by atoms with E-state index in [0.717, 1.165) is 70.6 Å². The summed E-state index contributed by atoms with van der Waals surface area (Å²) in [4.78, 5) is 33.2. The van der Waals surface area contributed by atoms with E-state index in [0.29, 0.717) is 6.42 Å². The number of hydrogen-bond donors (Lipinski definition) is 3. The first-order chi connectivity index (χ1) is 19.3.